The summed E-state index contributed by atoms with van der Waals surface area (Å²) >= 11 is 5.99. The molecule has 0 unspecified atom stereocenters. The SMILES string of the molecule is Cc1c(Cl)cccc1N=Nc1c(O)[nH]c2c(C(F)(F)F)cccc12. The summed E-state index contributed by atoms with van der Waals surface area (Å²) in [7, 11) is 0. The first-order valence-electron chi connectivity index (χ1n) is 6.86. The number of fused-ring (bicyclic) bond motifs is 1. The van der Waals surface area contributed by atoms with E-state index in [1.165, 1.54) is 12.1 Å². The molecule has 0 spiro atoms. The van der Waals surface area contributed by atoms with Crippen LogP contribution in [-0.2, 0) is 6.18 Å². The lowest BCUT2D eigenvalue weighted by molar-refractivity contribution is -0.136. The summed E-state index contributed by atoms with van der Waals surface area (Å²) in [5, 5.41) is 18.4. The van der Waals surface area contributed by atoms with E-state index in [1.807, 2.05) is 0 Å². The lowest BCUT2D eigenvalue weighted by Crippen LogP contribution is -2.05. The van der Waals surface area contributed by atoms with Crippen LogP contribution in [0, 0.1) is 6.92 Å². The van der Waals surface area contributed by atoms with Gasteiger partial charge in [0.15, 0.2) is 5.69 Å². The Bertz CT molecular complexity index is 948. The summed E-state index contributed by atoms with van der Waals surface area (Å²) in [5.74, 6) is -0.481. The molecule has 3 aromatic rings. The molecule has 1 aromatic heterocycles. The third-order valence-electron chi connectivity index (χ3n) is 3.59. The number of para-hydroxylation sites is 1. The number of halogens is 4. The molecule has 0 aliphatic heterocycles. The van der Waals surface area contributed by atoms with Crippen LogP contribution in [0.25, 0.3) is 10.9 Å². The van der Waals surface area contributed by atoms with E-state index in [2.05, 4.69) is 15.2 Å². The average Bonchev–Trinajstić information content (AvgIpc) is 2.83. The minimum absolute atomic E-state index is 0.0597. The summed E-state index contributed by atoms with van der Waals surface area (Å²) < 4.78 is 39.1. The van der Waals surface area contributed by atoms with Crippen molar-refractivity contribution in [2.24, 2.45) is 10.2 Å². The van der Waals surface area contributed by atoms with Crippen molar-refractivity contribution in [2.45, 2.75) is 13.1 Å². The van der Waals surface area contributed by atoms with E-state index in [0.29, 0.717) is 16.3 Å². The van der Waals surface area contributed by atoms with E-state index in [9.17, 15) is 18.3 Å². The molecule has 0 radical (unpaired) electrons. The topological polar surface area (TPSA) is 60.7 Å². The van der Waals surface area contributed by atoms with Gasteiger partial charge in [0.2, 0.25) is 5.88 Å². The van der Waals surface area contributed by atoms with Crippen LogP contribution in [0.5, 0.6) is 5.88 Å². The Hall–Kier alpha value is -2.54. The van der Waals surface area contributed by atoms with Crippen LogP contribution >= 0.6 is 11.6 Å². The lowest BCUT2D eigenvalue weighted by atomic mass is 10.1. The molecule has 0 aliphatic carbocycles. The number of aromatic nitrogens is 1. The second-order valence-corrected chi connectivity index (χ2v) is 5.54. The van der Waals surface area contributed by atoms with Crippen LogP contribution in [0.2, 0.25) is 5.02 Å². The van der Waals surface area contributed by atoms with Gasteiger partial charge in [-0.15, -0.1) is 5.11 Å². The van der Waals surface area contributed by atoms with Crippen molar-refractivity contribution in [3.63, 3.8) is 0 Å². The third kappa shape index (κ3) is 2.82. The van der Waals surface area contributed by atoms with Crippen molar-refractivity contribution in [3.05, 3.63) is 52.5 Å². The standard InChI is InChI=1S/C16H11ClF3N3O/c1-8-11(17)6-3-7-12(8)22-23-14-9-4-2-5-10(16(18,19)20)13(9)21-15(14)24/h2-7,21,24H,1H3. The fourth-order valence-electron chi connectivity index (χ4n) is 2.34. The van der Waals surface area contributed by atoms with Gasteiger partial charge < -0.3 is 10.1 Å². The third-order valence-corrected chi connectivity index (χ3v) is 4.00. The van der Waals surface area contributed by atoms with Gasteiger partial charge in [-0.1, -0.05) is 29.8 Å². The van der Waals surface area contributed by atoms with Gasteiger partial charge >= 0.3 is 6.18 Å². The summed E-state index contributed by atoms with van der Waals surface area (Å²) in [6.07, 6.45) is -4.55. The number of nitrogens with one attached hydrogen (secondary N) is 1. The zero-order valence-electron chi connectivity index (χ0n) is 12.3. The normalized spacial score (nSPS) is 12.4. The summed E-state index contributed by atoms with van der Waals surface area (Å²) in [4.78, 5) is 2.32. The molecule has 2 N–H and O–H groups in total. The number of rotatable bonds is 2. The van der Waals surface area contributed by atoms with Gasteiger partial charge in [-0.05, 0) is 30.7 Å². The second kappa shape index (κ2) is 5.83. The Morgan fingerprint density at radius 3 is 2.50 bits per heavy atom. The molecule has 24 heavy (non-hydrogen) atoms. The first kappa shape index (κ1) is 16.3. The Balaban J connectivity index is 2.12. The van der Waals surface area contributed by atoms with Crippen LogP contribution in [-0.4, -0.2) is 10.1 Å². The van der Waals surface area contributed by atoms with Crippen LogP contribution in [0.4, 0.5) is 24.5 Å². The number of hydrogen-bond donors (Lipinski definition) is 2. The van der Waals surface area contributed by atoms with Gasteiger partial charge in [0.05, 0.1) is 16.8 Å². The van der Waals surface area contributed by atoms with Gasteiger partial charge in [-0.3, -0.25) is 0 Å². The van der Waals surface area contributed by atoms with E-state index in [-0.39, 0.29) is 16.6 Å². The van der Waals surface area contributed by atoms with Crippen LogP contribution in [0.1, 0.15) is 11.1 Å². The molecule has 1 heterocycles. The quantitative estimate of drug-likeness (QED) is 0.524. The molecular weight excluding hydrogens is 343 g/mol. The zero-order valence-corrected chi connectivity index (χ0v) is 13.1. The first-order valence-corrected chi connectivity index (χ1v) is 7.24. The Labute approximate surface area is 139 Å². The summed E-state index contributed by atoms with van der Waals surface area (Å²) in [6.45, 7) is 1.74. The van der Waals surface area contributed by atoms with Crippen LogP contribution in [0.15, 0.2) is 46.6 Å². The number of nitrogens with zero attached hydrogens (tertiary/aromatic N) is 2. The molecule has 0 fully saturated rings. The van der Waals surface area contributed by atoms with Crippen LogP contribution < -0.4 is 0 Å². The van der Waals surface area contributed by atoms with Crippen molar-refractivity contribution >= 4 is 33.9 Å². The maximum Gasteiger partial charge on any atom is 0.418 e. The fourth-order valence-corrected chi connectivity index (χ4v) is 2.50. The van der Waals surface area contributed by atoms with E-state index in [4.69, 9.17) is 11.6 Å². The monoisotopic (exact) mass is 353 g/mol. The van der Waals surface area contributed by atoms with Gasteiger partial charge in [0, 0.05) is 10.4 Å². The fraction of sp³-hybridized carbons (Fsp3) is 0.125. The molecule has 0 saturated heterocycles. The van der Waals surface area contributed by atoms with E-state index in [0.717, 1.165) is 6.07 Å². The Morgan fingerprint density at radius 1 is 1.08 bits per heavy atom. The number of azo groups is 1. The zero-order chi connectivity index (χ0) is 17.5. The number of aromatic hydroxyl groups is 1. The number of benzene rings is 2. The van der Waals surface area contributed by atoms with E-state index in [1.54, 1.807) is 25.1 Å². The maximum atomic E-state index is 13.0. The molecule has 4 nitrogen and oxygen atoms in total. The maximum absolute atomic E-state index is 13.0. The lowest BCUT2D eigenvalue weighted by Gasteiger charge is -2.07. The van der Waals surface area contributed by atoms with Crippen molar-refractivity contribution in [2.75, 3.05) is 0 Å². The molecule has 0 bridgehead atoms. The Morgan fingerprint density at radius 2 is 1.79 bits per heavy atom. The number of alkyl halides is 3. The smallest absolute Gasteiger partial charge is 0.418 e. The van der Waals surface area contributed by atoms with Crippen molar-refractivity contribution in [1.82, 2.24) is 4.98 Å². The highest BCUT2D eigenvalue weighted by Crippen LogP contribution is 2.42. The second-order valence-electron chi connectivity index (χ2n) is 5.13. The molecule has 3 rings (SSSR count). The molecular formula is C16H11ClF3N3O. The molecule has 124 valence electrons. The predicted molar refractivity (Wildman–Crippen MR) is 85.3 cm³/mol. The van der Waals surface area contributed by atoms with E-state index >= 15 is 0 Å². The van der Waals surface area contributed by atoms with Gasteiger partial charge in [-0.2, -0.15) is 18.3 Å². The largest absolute Gasteiger partial charge is 0.493 e. The Kier molecular flexibility index (Phi) is 3.96. The van der Waals surface area contributed by atoms with Gasteiger partial charge in [-0.25, -0.2) is 0 Å². The highest BCUT2D eigenvalue weighted by Gasteiger charge is 2.34. The summed E-state index contributed by atoms with van der Waals surface area (Å²) in [5.41, 5.74) is -0.0353. The molecule has 0 amide bonds. The minimum Gasteiger partial charge on any atom is -0.493 e. The van der Waals surface area contributed by atoms with Crippen molar-refractivity contribution in [3.8, 4) is 5.88 Å². The van der Waals surface area contributed by atoms with Gasteiger partial charge in [0.25, 0.3) is 0 Å². The number of hydrogen-bond acceptors (Lipinski definition) is 3. The van der Waals surface area contributed by atoms with Crippen molar-refractivity contribution < 1.29 is 18.3 Å². The highest BCUT2D eigenvalue weighted by atomic mass is 35.5. The molecule has 0 saturated carbocycles. The first-order chi connectivity index (χ1) is 11.3. The number of aromatic amines is 1. The van der Waals surface area contributed by atoms with Gasteiger partial charge in [0.1, 0.15) is 0 Å². The summed E-state index contributed by atoms with van der Waals surface area (Å²) in [6, 6.07) is 8.65. The minimum atomic E-state index is -4.55. The molecule has 0 aliphatic rings. The number of H-pyrrole nitrogens is 1. The van der Waals surface area contributed by atoms with Crippen molar-refractivity contribution in [1.29, 1.82) is 0 Å². The predicted octanol–water partition coefficient (Wildman–Crippen LogP) is 6.27. The average molecular weight is 354 g/mol. The van der Waals surface area contributed by atoms with Crippen LogP contribution in [0.3, 0.4) is 0 Å². The molecule has 0 atom stereocenters. The van der Waals surface area contributed by atoms with E-state index < -0.39 is 17.6 Å². The molecule has 8 heteroatoms. The molecule has 2 aromatic carbocycles. The highest BCUT2D eigenvalue weighted by molar-refractivity contribution is 6.31.